The van der Waals surface area contributed by atoms with E-state index in [1.165, 1.54) is 66.8 Å². The van der Waals surface area contributed by atoms with Gasteiger partial charge in [-0.15, -0.1) is 0 Å². The molecule has 0 N–H and O–H groups in total. The fourth-order valence-corrected chi connectivity index (χ4v) is 20.2. The molecule has 661 valence electrons. The van der Waals surface area contributed by atoms with Gasteiger partial charge in [-0.3, -0.25) is 59.8 Å². The molecule has 15 heteroatoms. The summed E-state index contributed by atoms with van der Waals surface area (Å²) in [7, 11) is 0. The summed E-state index contributed by atoms with van der Waals surface area (Å²) in [4.78, 5) is 59.2. The molecule has 9 aliphatic rings. The Morgan fingerprint density at radius 3 is 0.474 bits per heavy atom. The number of hydrogen-bond donors (Lipinski definition) is 0. The monoisotopic (exact) mass is 2280 g/mol. The summed E-state index contributed by atoms with van der Waals surface area (Å²) >= 11 is 0. The van der Waals surface area contributed by atoms with E-state index in [1.54, 1.807) is 0 Å². The van der Waals surface area contributed by atoms with Crippen molar-refractivity contribution < 1.29 is 60.3 Å². The van der Waals surface area contributed by atoms with E-state index in [1.807, 2.05) is 0 Å². The Balaban J connectivity index is 0.000000115. The van der Waals surface area contributed by atoms with Crippen molar-refractivity contribution in [3.8, 4) is 0 Å². The van der Waals surface area contributed by atoms with E-state index >= 15 is 0 Å². The van der Waals surface area contributed by atoms with Crippen LogP contribution in [0.1, 0.15) is 277 Å². The van der Waals surface area contributed by atoms with E-state index in [-0.39, 0.29) is 95.8 Å². The molecule has 0 amide bonds. The SMILES string of the molecule is [Ir+3].[Os+2].[Re].[c-]1c2cccc1C1CCC3c4cccc(n4)C4CCC2c2[c-]c(ccc2)C(CCC(c2cccc4n2)c2cccc3n2)c2[c-]c1ccc2.[c-]1c2cccc1Cc1cccc(n1)Cc1[c-]c(ccc1)C2.[c-]1c2cccc1Cc1cccc(n1)Cc1cccc(n1)C2.c1cc2nc(c1)Cc1cccc(n1)Cc1cccc(n1)C2.c1cc2nc(c1)Cc1cccc(n1)Cc1cccc(n1)C2. The standard InChI is InChI=1S/C45H36N3.C20H15N.C19H15N2.2C18H15N3.Ir.Os.Re/c1-7-28-25-29(8-1)35-20-23-38-41-14-4-13-40(46-41)37-22-19-34(28)30-9-2-11-32(26-30)36(33-12-3-10-31(35)27-33)21-24-39(44-17-5-15-42(37)47-44)45-18-6-16-43(38)48-45;1-4-15-10-16-5-2-7-18(12-16)14-20-9-3-8-19(21-20)13-17(6-1)11-15;1-4-14-10-15(5-1)12-17-7-3-9-19(21-17)13-18-8-2-6-16(11-14)20-18;2*1-4-13-10-15-6-2-8-17(20-15)12-18-9-3-7-16(21-18)11-14(5-1)19-13;;;/h1-18,34-39H,19-24H2;1-9H,10,13-14H2;1-9H,11-13H2;2*1-9H,10-12H2;;;/q-3;-2;-1;;;+3;+2;. The molecular weight excluding hydrogens is 2180 g/mol. The van der Waals surface area contributed by atoms with Crippen LogP contribution in [-0.2, 0) is 137 Å². The maximum Gasteiger partial charge on any atom is 3.00 e. The van der Waals surface area contributed by atoms with Gasteiger partial charge in [0, 0.05) is 220 Å². The predicted octanol–water partition coefficient (Wildman–Crippen LogP) is 22.8. The molecule has 6 aromatic carbocycles. The van der Waals surface area contributed by atoms with Crippen molar-refractivity contribution in [1.29, 1.82) is 0 Å². The molecule has 0 saturated carbocycles. The Morgan fingerprint density at radius 2 is 0.289 bits per heavy atom. The normalized spacial score (nSPS) is 17.1. The first-order chi connectivity index (χ1) is 65.1. The molecule has 0 saturated heterocycles. The van der Waals surface area contributed by atoms with Gasteiger partial charge in [0.2, 0.25) is 0 Å². The summed E-state index contributed by atoms with van der Waals surface area (Å²) in [6, 6.07) is 138. The van der Waals surface area contributed by atoms with Crippen molar-refractivity contribution in [2.45, 2.75) is 151 Å². The van der Waals surface area contributed by atoms with E-state index in [0.717, 1.165) is 252 Å². The maximum absolute atomic E-state index is 5.52. The fraction of sp³-hybridized carbons (Fsp3) is 0.200. The average molecular weight is 2270 g/mol. The minimum absolute atomic E-state index is 0. The number of nitrogens with zero attached hydrogens (tertiary/aromatic N) is 12. The largest absolute Gasteiger partial charge is 3.00 e. The van der Waals surface area contributed by atoms with E-state index < -0.39 is 0 Å². The number of benzene rings is 6. The summed E-state index contributed by atoms with van der Waals surface area (Å²) in [5.41, 5.74) is 40.7. The second kappa shape index (κ2) is 42.3. The Morgan fingerprint density at radius 1 is 0.148 bits per heavy atom. The molecule has 12 aromatic heterocycles. The quantitative estimate of drug-likeness (QED) is 0.133. The van der Waals surface area contributed by atoms with E-state index in [9.17, 15) is 0 Å². The van der Waals surface area contributed by atoms with Gasteiger partial charge in [0.15, 0.2) is 0 Å². The van der Waals surface area contributed by atoms with Crippen molar-refractivity contribution in [3.63, 3.8) is 0 Å². The zero-order valence-corrected chi connectivity index (χ0v) is 82.5. The van der Waals surface area contributed by atoms with Crippen LogP contribution in [0, 0.1) is 36.4 Å². The van der Waals surface area contributed by atoms with Gasteiger partial charge in [-0.25, -0.2) is 0 Å². The van der Waals surface area contributed by atoms with Crippen LogP contribution in [0.15, 0.2) is 328 Å². The second-order valence-electron chi connectivity index (χ2n) is 36.0. The molecule has 135 heavy (non-hydrogen) atoms. The average Bonchev–Trinajstić information content (AvgIpc) is 0.766. The van der Waals surface area contributed by atoms with Crippen LogP contribution in [-0.4, -0.2) is 59.8 Å². The first kappa shape index (κ1) is 91.2. The molecule has 0 atom stereocenters. The molecule has 20 heterocycles. The minimum atomic E-state index is 0. The molecule has 0 spiro atoms. The number of rotatable bonds is 0. The summed E-state index contributed by atoms with van der Waals surface area (Å²) < 4.78 is 0. The third kappa shape index (κ3) is 22.2. The topological polar surface area (TPSA) is 155 Å². The van der Waals surface area contributed by atoms with Crippen LogP contribution >= 0.6 is 0 Å². The van der Waals surface area contributed by atoms with E-state index in [2.05, 4.69) is 364 Å². The number of aromatic nitrogens is 12. The Bertz CT molecular complexity index is 5570. The van der Waals surface area contributed by atoms with Crippen LogP contribution in [0.25, 0.3) is 0 Å². The first-order valence-electron chi connectivity index (χ1n) is 46.7. The minimum Gasteiger partial charge on any atom is -0.257 e. The summed E-state index contributed by atoms with van der Waals surface area (Å²) in [6.45, 7) is 0. The predicted molar refractivity (Wildman–Crippen MR) is 515 cm³/mol. The third-order valence-corrected chi connectivity index (χ3v) is 26.5. The smallest absolute Gasteiger partial charge is 0.257 e. The molecule has 0 unspecified atom stereocenters. The number of hydrogen-bond acceptors (Lipinski definition) is 12. The van der Waals surface area contributed by atoms with Crippen LogP contribution < -0.4 is 0 Å². The molecule has 27 rings (SSSR count). The van der Waals surface area contributed by atoms with Crippen molar-refractivity contribution in [3.05, 3.63) is 567 Å². The zero-order valence-electron chi connectivity index (χ0n) is 74.8. The number of fused-ring (bicyclic) bond motifs is 27. The van der Waals surface area contributed by atoms with Gasteiger partial charge >= 0.3 is 39.9 Å². The van der Waals surface area contributed by atoms with Gasteiger partial charge in [0.1, 0.15) is 0 Å². The number of pyridine rings is 12. The Hall–Kier alpha value is -12.9. The van der Waals surface area contributed by atoms with Gasteiger partial charge < -0.3 is 0 Å². The zero-order chi connectivity index (χ0) is 87.9. The van der Waals surface area contributed by atoms with Crippen LogP contribution in [0.3, 0.4) is 0 Å². The van der Waals surface area contributed by atoms with Gasteiger partial charge in [0.25, 0.3) is 0 Å². The second-order valence-corrected chi connectivity index (χ2v) is 36.0. The Kier molecular flexibility index (Phi) is 28.6. The molecule has 12 nitrogen and oxygen atoms in total. The summed E-state index contributed by atoms with van der Waals surface area (Å²) in [5.74, 6) is 0.713. The molecule has 1 radical (unpaired) electrons. The van der Waals surface area contributed by atoms with Gasteiger partial charge in [-0.05, 0) is 234 Å². The van der Waals surface area contributed by atoms with Gasteiger partial charge in [-0.2, -0.15) is 212 Å². The Labute approximate surface area is 831 Å². The van der Waals surface area contributed by atoms with Crippen LogP contribution in [0.4, 0.5) is 0 Å². The van der Waals surface area contributed by atoms with E-state index in [0.29, 0.717) is 0 Å². The van der Waals surface area contributed by atoms with Crippen LogP contribution in [0.2, 0.25) is 0 Å². The fourth-order valence-electron chi connectivity index (χ4n) is 20.2. The summed E-state index contributed by atoms with van der Waals surface area (Å²) in [6.07, 6.45) is 15.3. The molecule has 0 fully saturated rings. The van der Waals surface area contributed by atoms with Gasteiger partial charge in [-0.1, -0.05) is 72.8 Å². The van der Waals surface area contributed by atoms with Crippen molar-refractivity contribution in [2.24, 2.45) is 0 Å². The molecule has 18 aromatic rings. The van der Waals surface area contributed by atoms with Crippen LogP contribution in [0.5, 0.6) is 0 Å². The molecule has 42 bridgehead atoms. The van der Waals surface area contributed by atoms with E-state index in [4.69, 9.17) is 59.8 Å². The van der Waals surface area contributed by atoms with Crippen molar-refractivity contribution in [1.82, 2.24) is 59.8 Å². The third-order valence-electron chi connectivity index (χ3n) is 26.5. The molecule has 8 aliphatic heterocycles. The molecule has 1 aliphatic carbocycles. The maximum atomic E-state index is 5.52. The van der Waals surface area contributed by atoms with Gasteiger partial charge in [0.05, 0.1) is 0 Å². The van der Waals surface area contributed by atoms with Crippen molar-refractivity contribution in [2.75, 3.05) is 0 Å². The van der Waals surface area contributed by atoms with Crippen molar-refractivity contribution >= 4 is 0 Å². The first-order valence-corrected chi connectivity index (χ1v) is 46.7. The summed E-state index contributed by atoms with van der Waals surface area (Å²) in [5, 5.41) is 0. The molecular formula is C120H96IrN12OsRe-.